The SMILES string of the molecule is Cc1nc(-c2nccn2C[C@@H](C)Cc2ccnc3nc[nH]c23)cs1. The van der Waals surface area contributed by atoms with E-state index < -0.39 is 0 Å². The first-order valence-corrected chi connectivity index (χ1v) is 8.79. The van der Waals surface area contributed by atoms with Gasteiger partial charge in [-0.1, -0.05) is 6.92 Å². The number of H-pyrrole nitrogens is 1. The third-order valence-corrected chi connectivity index (χ3v) is 4.83. The molecule has 1 atom stereocenters. The Kier molecular flexibility index (Phi) is 3.86. The number of aromatic amines is 1. The molecular formula is C17H18N6S. The van der Waals surface area contributed by atoms with Gasteiger partial charge in [-0.05, 0) is 30.9 Å². The van der Waals surface area contributed by atoms with E-state index in [-0.39, 0.29) is 0 Å². The Morgan fingerprint density at radius 3 is 3.00 bits per heavy atom. The second-order valence-corrected chi connectivity index (χ2v) is 7.10. The molecule has 122 valence electrons. The minimum atomic E-state index is 0.451. The van der Waals surface area contributed by atoms with Gasteiger partial charge in [-0.15, -0.1) is 11.3 Å². The number of thiazole rings is 1. The number of aromatic nitrogens is 6. The van der Waals surface area contributed by atoms with Crippen LogP contribution in [0.1, 0.15) is 17.5 Å². The summed E-state index contributed by atoms with van der Waals surface area (Å²) < 4.78 is 2.19. The third-order valence-electron chi connectivity index (χ3n) is 4.05. The van der Waals surface area contributed by atoms with Crippen molar-refractivity contribution in [1.82, 2.24) is 29.5 Å². The summed E-state index contributed by atoms with van der Waals surface area (Å²) in [5.74, 6) is 1.39. The quantitative estimate of drug-likeness (QED) is 0.605. The van der Waals surface area contributed by atoms with Crippen molar-refractivity contribution >= 4 is 22.5 Å². The Morgan fingerprint density at radius 1 is 1.25 bits per heavy atom. The van der Waals surface area contributed by atoms with E-state index in [1.807, 2.05) is 25.5 Å². The van der Waals surface area contributed by atoms with Crippen LogP contribution in [0, 0.1) is 12.8 Å². The van der Waals surface area contributed by atoms with E-state index in [4.69, 9.17) is 0 Å². The molecule has 24 heavy (non-hydrogen) atoms. The van der Waals surface area contributed by atoms with Gasteiger partial charge in [-0.25, -0.2) is 19.9 Å². The highest BCUT2D eigenvalue weighted by Gasteiger charge is 2.14. The van der Waals surface area contributed by atoms with Crippen LogP contribution in [0.2, 0.25) is 0 Å². The van der Waals surface area contributed by atoms with Crippen LogP contribution >= 0.6 is 11.3 Å². The molecule has 0 aliphatic carbocycles. The van der Waals surface area contributed by atoms with Crippen LogP contribution in [-0.2, 0) is 13.0 Å². The van der Waals surface area contributed by atoms with Gasteiger partial charge in [-0.3, -0.25) is 0 Å². The fourth-order valence-corrected chi connectivity index (χ4v) is 3.60. The molecule has 7 heteroatoms. The van der Waals surface area contributed by atoms with Crippen LogP contribution in [0.3, 0.4) is 0 Å². The zero-order chi connectivity index (χ0) is 16.5. The Hall–Kier alpha value is -2.54. The van der Waals surface area contributed by atoms with E-state index in [9.17, 15) is 0 Å². The standard InChI is InChI=1S/C17H18N6S/c1-11(7-13-3-4-18-16-15(13)20-10-21-16)8-23-6-5-19-17(23)14-9-24-12(2)22-14/h3-6,9-11H,7-8H2,1-2H3,(H,18,20,21)/t11-/m0/s1. The van der Waals surface area contributed by atoms with Crippen LogP contribution in [-0.4, -0.2) is 29.5 Å². The highest BCUT2D eigenvalue weighted by Crippen LogP contribution is 2.22. The number of hydrogen-bond acceptors (Lipinski definition) is 5. The summed E-state index contributed by atoms with van der Waals surface area (Å²) in [4.78, 5) is 20.7. The maximum atomic E-state index is 4.55. The van der Waals surface area contributed by atoms with E-state index in [0.717, 1.165) is 40.7 Å². The molecular weight excluding hydrogens is 320 g/mol. The minimum Gasteiger partial charge on any atom is -0.343 e. The summed E-state index contributed by atoms with van der Waals surface area (Å²) in [7, 11) is 0. The molecule has 1 N–H and O–H groups in total. The summed E-state index contributed by atoms with van der Waals surface area (Å²) in [6, 6.07) is 2.07. The number of fused-ring (bicyclic) bond motifs is 1. The molecule has 0 unspecified atom stereocenters. The topological polar surface area (TPSA) is 72.3 Å². The Balaban J connectivity index is 1.54. The van der Waals surface area contributed by atoms with Gasteiger partial charge in [0.2, 0.25) is 0 Å². The molecule has 0 amide bonds. The second kappa shape index (κ2) is 6.16. The van der Waals surface area contributed by atoms with Crippen LogP contribution in [0.25, 0.3) is 22.7 Å². The fourth-order valence-electron chi connectivity index (χ4n) is 3.00. The molecule has 4 aromatic rings. The Labute approximate surface area is 143 Å². The number of rotatable bonds is 5. The summed E-state index contributed by atoms with van der Waals surface area (Å²) in [6.07, 6.45) is 8.35. The lowest BCUT2D eigenvalue weighted by atomic mass is 10.0. The van der Waals surface area contributed by atoms with E-state index in [1.165, 1.54) is 5.56 Å². The molecule has 0 fully saturated rings. The van der Waals surface area contributed by atoms with Crippen LogP contribution in [0.5, 0.6) is 0 Å². The van der Waals surface area contributed by atoms with Gasteiger partial charge < -0.3 is 9.55 Å². The van der Waals surface area contributed by atoms with Gasteiger partial charge in [0.25, 0.3) is 0 Å². The maximum absolute atomic E-state index is 4.55. The lowest BCUT2D eigenvalue weighted by Gasteiger charge is -2.14. The number of nitrogens with zero attached hydrogens (tertiary/aromatic N) is 5. The first-order valence-electron chi connectivity index (χ1n) is 7.91. The van der Waals surface area contributed by atoms with Crippen molar-refractivity contribution in [3.05, 3.63) is 46.9 Å². The predicted octanol–water partition coefficient (Wildman–Crippen LogP) is 3.47. The molecule has 0 bridgehead atoms. The molecule has 4 aromatic heterocycles. The zero-order valence-electron chi connectivity index (χ0n) is 13.6. The average Bonchev–Trinajstić information content (AvgIpc) is 3.27. The van der Waals surface area contributed by atoms with Crippen molar-refractivity contribution in [3.63, 3.8) is 0 Å². The number of aryl methyl sites for hydroxylation is 1. The number of nitrogens with one attached hydrogen (secondary N) is 1. The van der Waals surface area contributed by atoms with Crippen molar-refractivity contribution in [3.8, 4) is 11.5 Å². The van der Waals surface area contributed by atoms with Gasteiger partial charge in [0.15, 0.2) is 11.5 Å². The van der Waals surface area contributed by atoms with E-state index in [1.54, 1.807) is 17.7 Å². The molecule has 0 spiro atoms. The number of hydrogen-bond donors (Lipinski definition) is 1. The highest BCUT2D eigenvalue weighted by molar-refractivity contribution is 7.09. The van der Waals surface area contributed by atoms with Gasteiger partial charge in [0, 0.05) is 30.5 Å². The average molecular weight is 338 g/mol. The van der Waals surface area contributed by atoms with Crippen LogP contribution in [0.15, 0.2) is 36.4 Å². The largest absolute Gasteiger partial charge is 0.343 e. The molecule has 4 heterocycles. The molecule has 0 saturated heterocycles. The first-order chi connectivity index (χ1) is 11.7. The maximum Gasteiger partial charge on any atom is 0.177 e. The van der Waals surface area contributed by atoms with Gasteiger partial charge >= 0.3 is 0 Å². The van der Waals surface area contributed by atoms with Crippen molar-refractivity contribution in [1.29, 1.82) is 0 Å². The Bertz CT molecular complexity index is 966. The molecule has 0 aliphatic heterocycles. The summed E-state index contributed by atoms with van der Waals surface area (Å²) in [5.41, 5.74) is 4.01. The second-order valence-electron chi connectivity index (χ2n) is 6.04. The summed E-state index contributed by atoms with van der Waals surface area (Å²) in [5, 5.41) is 3.13. The number of imidazole rings is 2. The van der Waals surface area contributed by atoms with Gasteiger partial charge in [0.1, 0.15) is 5.69 Å². The molecule has 0 aromatic carbocycles. The molecule has 0 saturated carbocycles. The van der Waals surface area contributed by atoms with Crippen molar-refractivity contribution in [2.45, 2.75) is 26.8 Å². The minimum absolute atomic E-state index is 0.451. The monoisotopic (exact) mass is 338 g/mol. The van der Waals surface area contributed by atoms with Crippen molar-refractivity contribution < 1.29 is 0 Å². The van der Waals surface area contributed by atoms with Crippen molar-refractivity contribution in [2.75, 3.05) is 0 Å². The molecule has 6 nitrogen and oxygen atoms in total. The third kappa shape index (κ3) is 2.82. The van der Waals surface area contributed by atoms with Crippen LogP contribution in [0.4, 0.5) is 0 Å². The zero-order valence-corrected chi connectivity index (χ0v) is 14.4. The summed E-state index contributed by atoms with van der Waals surface area (Å²) in [6.45, 7) is 5.16. The number of pyridine rings is 1. The normalized spacial score (nSPS) is 12.8. The molecule has 0 radical (unpaired) electrons. The lowest BCUT2D eigenvalue weighted by molar-refractivity contribution is 0.483. The highest BCUT2D eigenvalue weighted by atomic mass is 32.1. The van der Waals surface area contributed by atoms with E-state index in [2.05, 4.69) is 47.9 Å². The molecule has 4 rings (SSSR count). The van der Waals surface area contributed by atoms with Gasteiger partial charge in [-0.2, -0.15) is 0 Å². The Morgan fingerprint density at radius 2 is 2.17 bits per heavy atom. The predicted molar refractivity (Wildman–Crippen MR) is 94.8 cm³/mol. The fraction of sp³-hybridized carbons (Fsp3) is 0.294. The van der Waals surface area contributed by atoms with Gasteiger partial charge in [0.05, 0.1) is 16.9 Å². The lowest BCUT2D eigenvalue weighted by Crippen LogP contribution is -2.11. The van der Waals surface area contributed by atoms with Crippen molar-refractivity contribution in [2.24, 2.45) is 5.92 Å². The smallest absolute Gasteiger partial charge is 0.177 e. The van der Waals surface area contributed by atoms with E-state index in [0.29, 0.717) is 5.92 Å². The van der Waals surface area contributed by atoms with E-state index >= 15 is 0 Å². The summed E-state index contributed by atoms with van der Waals surface area (Å²) >= 11 is 1.65. The first kappa shape index (κ1) is 15.0. The molecule has 0 aliphatic rings. The van der Waals surface area contributed by atoms with Crippen LogP contribution < -0.4 is 0 Å².